The van der Waals surface area contributed by atoms with Gasteiger partial charge < -0.3 is 29.4 Å². The van der Waals surface area contributed by atoms with E-state index in [4.69, 9.17) is 29.4 Å². The number of benzene rings is 2. The monoisotopic (exact) mass is 545 g/mol. The molecule has 0 amide bonds. The molecule has 38 heavy (non-hydrogen) atoms. The zero-order chi connectivity index (χ0) is 27.8. The standard InChI is InChI=1S/C28H35NO8S/c1-16-6-9-21(15-22(16)14-20-7-10-23(11-8-20)33-13-12-29)24-25(34-17(2)30)26(35-18(3)31)27(36-19(4)32)28(37-24)38-5/h6-11,15,24-28H,12-14,29H2,1-5H3/t24-,25-,26+,27-,28+/m0/s1. The summed E-state index contributed by atoms with van der Waals surface area (Å²) in [5.41, 5.74) is 8.80. The van der Waals surface area contributed by atoms with Crippen molar-refractivity contribution in [1.29, 1.82) is 0 Å². The van der Waals surface area contributed by atoms with Gasteiger partial charge >= 0.3 is 17.9 Å². The van der Waals surface area contributed by atoms with Crippen molar-refractivity contribution >= 4 is 29.7 Å². The van der Waals surface area contributed by atoms with Crippen LogP contribution in [0, 0.1) is 6.92 Å². The van der Waals surface area contributed by atoms with Gasteiger partial charge in [0.25, 0.3) is 0 Å². The van der Waals surface area contributed by atoms with E-state index in [2.05, 4.69) is 0 Å². The average molecular weight is 546 g/mol. The Morgan fingerprint density at radius 2 is 1.50 bits per heavy atom. The number of esters is 3. The number of aryl methyl sites for hydroxylation is 1. The number of hydrogen-bond acceptors (Lipinski definition) is 10. The maximum absolute atomic E-state index is 12.1. The van der Waals surface area contributed by atoms with Gasteiger partial charge in [0.05, 0.1) is 0 Å². The molecule has 5 atom stereocenters. The summed E-state index contributed by atoms with van der Waals surface area (Å²) < 4.78 is 28.6. The van der Waals surface area contributed by atoms with Gasteiger partial charge in [-0.3, -0.25) is 14.4 Å². The molecule has 1 heterocycles. The highest BCUT2D eigenvalue weighted by Gasteiger charge is 2.52. The van der Waals surface area contributed by atoms with Gasteiger partial charge in [0.1, 0.15) is 23.9 Å². The fourth-order valence-electron chi connectivity index (χ4n) is 4.39. The van der Waals surface area contributed by atoms with Crippen LogP contribution in [0.2, 0.25) is 0 Å². The van der Waals surface area contributed by atoms with E-state index in [1.165, 1.54) is 32.5 Å². The van der Waals surface area contributed by atoms with Crippen LogP contribution >= 0.6 is 11.8 Å². The molecule has 0 spiro atoms. The van der Waals surface area contributed by atoms with E-state index in [0.717, 1.165) is 28.0 Å². The predicted octanol–water partition coefficient (Wildman–Crippen LogP) is 3.48. The maximum atomic E-state index is 12.1. The van der Waals surface area contributed by atoms with Gasteiger partial charge in [-0.1, -0.05) is 30.3 Å². The van der Waals surface area contributed by atoms with Crippen molar-refractivity contribution in [1.82, 2.24) is 0 Å². The Labute approximate surface area is 227 Å². The molecule has 206 valence electrons. The van der Waals surface area contributed by atoms with Crippen LogP contribution in [0.4, 0.5) is 0 Å². The summed E-state index contributed by atoms with van der Waals surface area (Å²) in [5, 5.41) is 0. The Morgan fingerprint density at radius 1 is 0.895 bits per heavy atom. The van der Waals surface area contributed by atoms with Crippen molar-refractivity contribution in [3.63, 3.8) is 0 Å². The first-order chi connectivity index (χ1) is 18.1. The van der Waals surface area contributed by atoms with E-state index in [1.54, 1.807) is 6.26 Å². The van der Waals surface area contributed by atoms with Gasteiger partial charge in [-0.15, -0.1) is 11.8 Å². The molecule has 3 rings (SSSR count). The highest BCUT2D eigenvalue weighted by atomic mass is 32.2. The lowest BCUT2D eigenvalue weighted by Crippen LogP contribution is -2.57. The molecule has 1 saturated heterocycles. The number of thioether (sulfide) groups is 1. The minimum Gasteiger partial charge on any atom is -0.492 e. The average Bonchev–Trinajstić information content (AvgIpc) is 2.86. The van der Waals surface area contributed by atoms with E-state index >= 15 is 0 Å². The molecule has 0 radical (unpaired) electrons. The molecule has 2 N–H and O–H groups in total. The third kappa shape index (κ3) is 7.72. The lowest BCUT2D eigenvalue weighted by Gasteiger charge is -2.44. The third-order valence-corrected chi connectivity index (χ3v) is 6.88. The van der Waals surface area contributed by atoms with Crippen LogP contribution in [-0.4, -0.2) is 61.1 Å². The second-order valence-corrected chi connectivity index (χ2v) is 9.96. The SMILES string of the molecule is CS[C@H]1O[C@@H](c2ccc(C)c(Cc3ccc(OCCN)cc3)c2)[C@H](OC(C)=O)[C@@H](OC(C)=O)[C@@H]1OC(C)=O. The van der Waals surface area contributed by atoms with E-state index < -0.39 is 47.8 Å². The van der Waals surface area contributed by atoms with Gasteiger partial charge in [0.15, 0.2) is 18.3 Å². The molecule has 1 aliphatic heterocycles. The summed E-state index contributed by atoms with van der Waals surface area (Å²) in [5.74, 6) is -0.971. The van der Waals surface area contributed by atoms with E-state index in [-0.39, 0.29) is 0 Å². The van der Waals surface area contributed by atoms with Gasteiger partial charge in [-0.05, 0) is 54.0 Å². The normalized spacial score (nSPS) is 22.8. The Morgan fingerprint density at radius 3 is 2.08 bits per heavy atom. The van der Waals surface area contributed by atoms with Crippen LogP contribution in [0.1, 0.15) is 49.1 Å². The molecule has 0 unspecified atom stereocenters. The Bertz CT molecular complexity index is 1120. The van der Waals surface area contributed by atoms with Crippen LogP contribution in [-0.2, 0) is 39.8 Å². The molecular weight excluding hydrogens is 510 g/mol. The second kappa shape index (κ2) is 13.6. The number of carbonyl (C=O) groups excluding carboxylic acids is 3. The first-order valence-corrected chi connectivity index (χ1v) is 13.6. The zero-order valence-electron chi connectivity index (χ0n) is 22.3. The number of rotatable bonds is 10. The highest BCUT2D eigenvalue weighted by Crippen LogP contribution is 2.40. The minimum absolute atomic E-state index is 0.447. The number of hydrogen-bond donors (Lipinski definition) is 1. The fraction of sp³-hybridized carbons (Fsp3) is 0.464. The van der Waals surface area contributed by atoms with Crippen LogP contribution < -0.4 is 10.5 Å². The van der Waals surface area contributed by atoms with Crippen molar-refractivity contribution in [2.75, 3.05) is 19.4 Å². The topological polar surface area (TPSA) is 123 Å². The molecule has 2 aromatic rings. The molecule has 1 fully saturated rings. The largest absolute Gasteiger partial charge is 0.492 e. The van der Waals surface area contributed by atoms with Gasteiger partial charge in [-0.2, -0.15) is 0 Å². The summed E-state index contributed by atoms with van der Waals surface area (Å²) >= 11 is 1.31. The molecule has 0 bridgehead atoms. The summed E-state index contributed by atoms with van der Waals surface area (Å²) in [4.78, 5) is 36.0. The van der Waals surface area contributed by atoms with Gasteiger partial charge in [-0.25, -0.2) is 0 Å². The Hall–Kier alpha value is -3.08. The van der Waals surface area contributed by atoms with E-state index in [0.29, 0.717) is 19.6 Å². The van der Waals surface area contributed by atoms with Crippen molar-refractivity contribution < 1.29 is 38.1 Å². The van der Waals surface area contributed by atoms with Gasteiger partial charge in [0.2, 0.25) is 0 Å². The molecule has 2 aromatic carbocycles. The number of carbonyl (C=O) groups is 3. The van der Waals surface area contributed by atoms with Crippen LogP contribution in [0.25, 0.3) is 0 Å². The Kier molecular flexibility index (Phi) is 10.6. The molecule has 1 aliphatic rings. The quantitative estimate of drug-likeness (QED) is 0.351. The van der Waals surface area contributed by atoms with E-state index in [9.17, 15) is 14.4 Å². The van der Waals surface area contributed by atoms with Crippen molar-refractivity contribution in [3.8, 4) is 5.75 Å². The lowest BCUT2D eigenvalue weighted by molar-refractivity contribution is -0.233. The smallest absolute Gasteiger partial charge is 0.303 e. The fourth-order valence-corrected chi connectivity index (χ4v) is 5.10. The molecule has 0 saturated carbocycles. The first kappa shape index (κ1) is 29.5. The van der Waals surface area contributed by atoms with Crippen molar-refractivity contribution in [2.24, 2.45) is 5.73 Å². The molecule has 0 aromatic heterocycles. The summed E-state index contributed by atoms with van der Waals surface area (Å²) in [7, 11) is 0. The summed E-state index contributed by atoms with van der Waals surface area (Å²) in [6.07, 6.45) is -1.36. The number of nitrogens with two attached hydrogens (primary N) is 1. The molecular formula is C28H35NO8S. The summed E-state index contributed by atoms with van der Waals surface area (Å²) in [6, 6.07) is 13.7. The minimum atomic E-state index is -1.05. The van der Waals surface area contributed by atoms with E-state index in [1.807, 2.05) is 49.4 Å². The van der Waals surface area contributed by atoms with Crippen molar-refractivity contribution in [2.45, 2.75) is 64.0 Å². The van der Waals surface area contributed by atoms with Crippen LogP contribution in [0.5, 0.6) is 5.75 Å². The lowest BCUT2D eigenvalue weighted by atomic mass is 9.90. The first-order valence-electron chi connectivity index (χ1n) is 12.3. The summed E-state index contributed by atoms with van der Waals surface area (Å²) in [6.45, 7) is 6.71. The molecule has 0 aliphatic carbocycles. The van der Waals surface area contributed by atoms with Crippen LogP contribution in [0.15, 0.2) is 42.5 Å². The Balaban J connectivity index is 1.96. The molecule has 10 heteroatoms. The van der Waals surface area contributed by atoms with Gasteiger partial charge in [0, 0.05) is 27.3 Å². The maximum Gasteiger partial charge on any atom is 0.303 e. The van der Waals surface area contributed by atoms with Crippen molar-refractivity contribution in [3.05, 3.63) is 64.7 Å². The molecule has 9 nitrogen and oxygen atoms in total. The number of ether oxygens (including phenoxy) is 5. The third-order valence-electron chi connectivity index (χ3n) is 6.04. The highest BCUT2D eigenvalue weighted by molar-refractivity contribution is 7.99. The predicted molar refractivity (Wildman–Crippen MR) is 143 cm³/mol. The second-order valence-electron chi connectivity index (χ2n) is 9.03. The van der Waals surface area contributed by atoms with Crippen LogP contribution in [0.3, 0.4) is 0 Å². The zero-order valence-corrected chi connectivity index (χ0v) is 23.1.